The first-order valence-electron chi connectivity index (χ1n) is 5.38. The molecule has 98 valence electrons. The second-order valence-electron chi connectivity index (χ2n) is 3.77. The van der Waals surface area contributed by atoms with Gasteiger partial charge in [-0.1, -0.05) is 41.9 Å². The summed E-state index contributed by atoms with van der Waals surface area (Å²) >= 11 is 5.69. The molecule has 0 atom stereocenters. The molecule has 0 saturated carbocycles. The topological polar surface area (TPSA) is 80.7 Å². The van der Waals surface area contributed by atoms with Crippen molar-refractivity contribution >= 4 is 17.3 Å². The van der Waals surface area contributed by atoms with Gasteiger partial charge in [-0.15, -0.1) is 0 Å². The van der Waals surface area contributed by atoms with Crippen LogP contribution in [-0.4, -0.2) is 14.9 Å². The third kappa shape index (κ3) is 3.11. The number of rotatable bonds is 3. The Balaban J connectivity index is 2.41. The minimum absolute atomic E-state index is 0.0306. The standard InChI is InChI=1S/C12H10ClN3O3/c13-11-6-10(16(18)19)7-12(15(11)17)14-8-9-4-2-1-3-5-9/h1-7,17H,8H2. The van der Waals surface area contributed by atoms with Gasteiger partial charge in [-0.3, -0.25) is 15.1 Å². The Morgan fingerprint density at radius 1 is 1.32 bits per heavy atom. The molecule has 0 fully saturated rings. The minimum Gasteiger partial charge on any atom is -0.426 e. The summed E-state index contributed by atoms with van der Waals surface area (Å²) in [7, 11) is 0. The molecule has 0 unspecified atom stereocenters. The van der Waals surface area contributed by atoms with Crippen LogP contribution in [-0.2, 0) is 6.54 Å². The molecule has 0 aliphatic rings. The molecule has 2 aromatic rings. The first kappa shape index (κ1) is 13.1. The minimum atomic E-state index is -0.590. The maximum atomic E-state index is 10.7. The van der Waals surface area contributed by atoms with Gasteiger partial charge in [-0.25, -0.2) is 0 Å². The van der Waals surface area contributed by atoms with Crippen molar-refractivity contribution in [2.45, 2.75) is 6.54 Å². The van der Waals surface area contributed by atoms with Crippen LogP contribution in [0.25, 0.3) is 0 Å². The first-order chi connectivity index (χ1) is 9.08. The number of hydrogen-bond acceptors (Lipinski definition) is 4. The fourth-order valence-electron chi connectivity index (χ4n) is 1.50. The third-order valence-corrected chi connectivity index (χ3v) is 2.71. The van der Waals surface area contributed by atoms with Crippen molar-refractivity contribution in [1.29, 1.82) is 0 Å². The van der Waals surface area contributed by atoms with E-state index >= 15 is 0 Å². The van der Waals surface area contributed by atoms with Gasteiger partial charge >= 0.3 is 0 Å². The molecule has 1 aromatic carbocycles. The van der Waals surface area contributed by atoms with Crippen LogP contribution in [0.2, 0.25) is 5.15 Å². The molecule has 7 heteroatoms. The van der Waals surface area contributed by atoms with Crippen molar-refractivity contribution in [3.05, 3.63) is 68.8 Å². The number of pyridine rings is 1. The zero-order chi connectivity index (χ0) is 13.8. The third-order valence-electron chi connectivity index (χ3n) is 2.44. The summed E-state index contributed by atoms with van der Waals surface area (Å²) in [6.45, 7) is 0.291. The van der Waals surface area contributed by atoms with E-state index in [2.05, 4.69) is 4.99 Å². The van der Waals surface area contributed by atoms with E-state index in [1.165, 1.54) is 0 Å². The molecule has 0 aliphatic heterocycles. The van der Waals surface area contributed by atoms with Gasteiger partial charge in [0, 0.05) is 0 Å². The molecule has 0 spiro atoms. The molecule has 1 N–H and O–H groups in total. The summed E-state index contributed by atoms with van der Waals surface area (Å²) in [5.74, 6) is 0. The van der Waals surface area contributed by atoms with Crippen molar-refractivity contribution < 1.29 is 10.1 Å². The summed E-state index contributed by atoms with van der Waals surface area (Å²) in [4.78, 5) is 14.2. The van der Waals surface area contributed by atoms with E-state index < -0.39 is 4.92 Å². The van der Waals surface area contributed by atoms with Gasteiger partial charge < -0.3 is 5.21 Å². The summed E-state index contributed by atoms with van der Waals surface area (Å²) in [5.41, 5.74) is 0.732. The van der Waals surface area contributed by atoms with Gasteiger partial charge in [0.25, 0.3) is 5.69 Å². The van der Waals surface area contributed by atoms with Crippen molar-refractivity contribution in [2.75, 3.05) is 0 Å². The lowest BCUT2D eigenvalue weighted by Gasteiger charge is -2.02. The number of nitrogens with zero attached hydrogens (tertiary/aromatic N) is 3. The van der Waals surface area contributed by atoms with Crippen LogP contribution in [0.15, 0.2) is 47.5 Å². The maximum Gasteiger partial charge on any atom is 0.276 e. The maximum absolute atomic E-state index is 10.7. The van der Waals surface area contributed by atoms with Crippen molar-refractivity contribution in [2.24, 2.45) is 4.99 Å². The molecule has 1 aromatic heterocycles. The predicted octanol–water partition coefficient (Wildman–Crippen LogP) is 2.39. The zero-order valence-corrected chi connectivity index (χ0v) is 10.5. The van der Waals surface area contributed by atoms with E-state index in [-0.39, 0.29) is 16.3 Å². The Morgan fingerprint density at radius 2 is 2.00 bits per heavy atom. The van der Waals surface area contributed by atoms with Gasteiger partial charge in [0.15, 0.2) is 10.6 Å². The second-order valence-corrected chi connectivity index (χ2v) is 4.15. The van der Waals surface area contributed by atoms with E-state index in [1.807, 2.05) is 30.3 Å². The highest BCUT2D eigenvalue weighted by Gasteiger charge is 2.10. The van der Waals surface area contributed by atoms with Gasteiger partial charge in [0.05, 0.1) is 23.6 Å². The van der Waals surface area contributed by atoms with Crippen LogP contribution >= 0.6 is 11.6 Å². The Labute approximate surface area is 113 Å². The Bertz CT molecular complexity index is 668. The average molecular weight is 280 g/mol. The molecular formula is C12H10ClN3O3. The fourth-order valence-corrected chi connectivity index (χ4v) is 1.70. The van der Waals surface area contributed by atoms with E-state index in [1.54, 1.807) is 0 Å². The van der Waals surface area contributed by atoms with Crippen LogP contribution in [0.5, 0.6) is 0 Å². The lowest BCUT2D eigenvalue weighted by molar-refractivity contribution is -0.385. The monoisotopic (exact) mass is 279 g/mol. The van der Waals surface area contributed by atoms with Crippen molar-refractivity contribution in [3.63, 3.8) is 0 Å². The van der Waals surface area contributed by atoms with E-state index in [4.69, 9.17) is 11.6 Å². The molecule has 1 heterocycles. The lowest BCUT2D eigenvalue weighted by atomic mass is 10.2. The fraction of sp³-hybridized carbons (Fsp3) is 0.0833. The highest BCUT2D eigenvalue weighted by atomic mass is 35.5. The zero-order valence-electron chi connectivity index (χ0n) is 9.73. The molecule has 0 saturated heterocycles. The lowest BCUT2D eigenvalue weighted by Crippen LogP contribution is -2.20. The summed E-state index contributed by atoms with van der Waals surface area (Å²) in [5, 5.41) is 20.2. The second kappa shape index (κ2) is 5.53. The summed E-state index contributed by atoms with van der Waals surface area (Å²) in [6.07, 6.45) is 0. The number of nitro groups is 1. The highest BCUT2D eigenvalue weighted by Crippen LogP contribution is 2.13. The van der Waals surface area contributed by atoms with Crippen LogP contribution in [0.4, 0.5) is 5.69 Å². The van der Waals surface area contributed by atoms with Crippen LogP contribution in [0, 0.1) is 10.1 Å². The van der Waals surface area contributed by atoms with Crippen LogP contribution < -0.4 is 5.49 Å². The molecule has 6 nitrogen and oxygen atoms in total. The largest absolute Gasteiger partial charge is 0.426 e. The molecule has 0 aliphatic carbocycles. The van der Waals surface area contributed by atoms with Gasteiger partial charge in [0.2, 0.25) is 0 Å². The molecular weight excluding hydrogens is 270 g/mol. The van der Waals surface area contributed by atoms with Crippen molar-refractivity contribution in [3.8, 4) is 0 Å². The molecule has 2 rings (SSSR count). The number of benzene rings is 1. The van der Waals surface area contributed by atoms with E-state index in [0.29, 0.717) is 11.3 Å². The highest BCUT2D eigenvalue weighted by molar-refractivity contribution is 6.29. The van der Waals surface area contributed by atoms with Gasteiger partial charge in [-0.2, -0.15) is 4.73 Å². The van der Waals surface area contributed by atoms with Crippen molar-refractivity contribution in [1.82, 2.24) is 4.73 Å². The van der Waals surface area contributed by atoms with E-state index in [0.717, 1.165) is 17.7 Å². The number of hydrogen-bond donors (Lipinski definition) is 1. The first-order valence-corrected chi connectivity index (χ1v) is 5.76. The van der Waals surface area contributed by atoms with Crippen LogP contribution in [0.1, 0.15) is 5.56 Å². The normalized spacial score (nSPS) is 11.5. The Hall–Kier alpha value is -2.34. The van der Waals surface area contributed by atoms with Gasteiger partial charge in [-0.05, 0) is 5.56 Å². The van der Waals surface area contributed by atoms with Crippen LogP contribution in [0.3, 0.4) is 0 Å². The quantitative estimate of drug-likeness (QED) is 0.405. The predicted molar refractivity (Wildman–Crippen MR) is 69.0 cm³/mol. The Kier molecular flexibility index (Phi) is 3.82. The Morgan fingerprint density at radius 3 is 2.63 bits per heavy atom. The molecule has 0 bridgehead atoms. The average Bonchev–Trinajstić information content (AvgIpc) is 2.41. The number of halogens is 1. The van der Waals surface area contributed by atoms with E-state index in [9.17, 15) is 15.3 Å². The van der Waals surface area contributed by atoms with Gasteiger partial charge in [0.1, 0.15) is 0 Å². The SMILES string of the molecule is O=[N+]([O-])c1cc(Cl)n(O)c(=NCc2ccccc2)c1. The molecule has 0 amide bonds. The molecule has 0 radical (unpaired) electrons. The number of aromatic nitrogens is 1. The molecule has 19 heavy (non-hydrogen) atoms. The summed E-state index contributed by atoms with van der Waals surface area (Å²) in [6, 6.07) is 11.5. The summed E-state index contributed by atoms with van der Waals surface area (Å²) < 4.78 is 0.609. The smallest absolute Gasteiger partial charge is 0.276 e.